The second kappa shape index (κ2) is 69.5. The van der Waals surface area contributed by atoms with Crippen LogP contribution in [0, 0.1) is 0 Å². The van der Waals surface area contributed by atoms with Crippen LogP contribution in [0.25, 0.3) is 0 Å². The van der Waals surface area contributed by atoms with Gasteiger partial charge in [-0.05, 0) is 25.7 Å². The molecule has 0 heterocycles. The van der Waals surface area contributed by atoms with E-state index in [2.05, 4.69) is 27.7 Å². The molecular formula is C75H146O17P2. The SMILES string of the molecule is CCCCCCCCCCCCCCCCCCCCCC(=O)O[C@H](COC(=O)CCCCCCCCCCCCCCCCC)COP(=O)(O)OC[C@@H](O)COP(=O)(O)OC[C@@H](COC(=O)CCCCCCCCC)OC(=O)CCCCCCCCCCCCCCC. The van der Waals surface area contributed by atoms with Gasteiger partial charge in [-0.2, -0.15) is 0 Å². The molecule has 3 N–H and O–H groups in total. The van der Waals surface area contributed by atoms with Crippen molar-refractivity contribution >= 4 is 39.5 Å². The Morgan fingerprint density at radius 3 is 0.628 bits per heavy atom. The van der Waals surface area contributed by atoms with Crippen molar-refractivity contribution in [2.75, 3.05) is 39.6 Å². The van der Waals surface area contributed by atoms with Crippen LogP contribution >= 0.6 is 15.6 Å². The normalized spacial score (nSPS) is 13.9. The number of carbonyl (C=O) groups is 4. The summed E-state index contributed by atoms with van der Waals surface area (Å²) < 4.78 is 68.4. The number of aliphatic hydroxyl groups excluding tert-OH is 1. The van der Waals surface area contributed by atoms with Crippen molar-refractivity contribution in [2.24, 2.45) is 0 Å². The van der Waals surface area contributed by atoms with E-state index in [0.29, 0.717) is 25.7 Å². The van der Waals surface area contributed by atoms with Crippen molar-refractivity contribution in [3.8, 4) is 0 Å². The Hall–Kier alpha value is -1.94. The molecule has 0 saturated carbocycles. The number of ether oxygens (including phenoxy) is 4. The van der Waals surface area contributed by atoms with E-state index in [1.54, 1.807) is 0 Å². The molecule has 0 aromatic rings. The molecule has 94 heavy (non-hydrogen) atoms. The molecule has 0 fully saturated rings. The van der Waals surface area contributed by atoms with E-state index >= 15 is 0 Å². The third kappa shape index (κ3) is 68.6. The number of hydrogen-bond acceptors (Lipinski definition) is 15. The molecule has 0 saturated heterocycles. The van der Waals surface area contributed by atoms with E-state index in [1.165, 1.54) is 218 Å². The molecule has 0 aromatic carbocycles. The van der Waals surface area contributed by atoms with Gasteiger partial charge in [0.15, 0.2) is 12.2 Å². The van der Waals surface area contributed by atoms with Gasteiger partial charge >= 0.3 is 39.5 Å². The number of aliphatic hydroxyl groups is 1. The quantitative estimate of drug-likeness (QED) is 0.0222. The molecule has 0 aliphatic heterocycles. The van der Waals surface area contributed by atoms with Crippen molar-refractivity contribution in [1.82, 2.24) is 0 Å². The highest BCUT2D eigenvalue weighted by molar-refractivity contribution is 7.47. The molecule has 17 nitrogen and oxygen atoms in total. The van der Waals surface area contributed by atoms with Gasteiger partial charge in [-0.15, -0.1) is 0 Å². The zero-order valence-electron chi connectivity index (χ0n) is 60.9. The Morgan fingerprint density at radius 1 is 0.255 bits per heavy atom. The molecule has 0 radical (unpaired) electrons. The summed E-state index contributed by atoms with van der Waals surface area (Å²) in [6, 6.07) is 0. The van der Waals surface area contributed by atoms with Crippen molar-refractivity contribution in [3.05, 3.63) is 0 Å². The summed E-state index contributed by atoms with van der Waals surface area (Å²) in [6.07, 6.45) is 59.7. The summed E-state index contributed by atoms with van der Waals surface area (Å²) in [6.45, 7) is 4.95. The van der Waals surface area contributed by atoms with Crippen LogP contribution in [0.1, 0.15) is 400 Å². The molecule has 0 aliphatic carbocycles. The van der Waals surface area contributed by atoms with Crippen LogP contribution in [0.4, 0.5) is 0 Å². The van der Waals surface area contributed by atoms with E-state index in [4.69, 9.17) is 37.0 Å². The van der Waals surface area contributed by atoms with Crippen LogP contribution in [0.3, 0.4) is 0 Å². The summed E-state index contributed by atoms with van der Waals surface area (Å²) in [5.74, 6) is -2.12. The molecule has 0 rings (SSSR count). The Labute approximate surface area is 575 Å². The van der Waals surface area contributed by atoms with Crippen molar-refractivity contribution < 1.29 is 80.2 Å². The maximum atomic E-state index is 13.1. The van der Waals surface area contributed by atoms with Gasteiger partial charge < -0.3 is 33.8 Å². The van der Waals surface area contributed by atoms with Gasteiger partial charge in [0.05, 0.1) is 26.4 Å². The van der Waals surface area contributed by atoms with Crippen LogP contribution in [0.5, 0.6) is 0 Å². The lowest BCUT2D eigenvalue weighted by Gasteiger charge is -2.21. The summed E-state index contributed by atoms with van der Waals surface area (Å²) in [7, 11) is -9.90. The predicted molar refractivity (Wildman–Crippen MR) is 382 cm³/mol. The Balaban J connectivity index is 5.18. The fraction of sp³-hybridized carbons (Fsp3) is 0.947. The fourth-order valence-corrected chi connectivity index (χ4v) is 13.2. The number of carbonyl (C=O) groups excluding carboxylic acids is 4. The first-order valence-electron chi connectivity index (χ1n) is 39.3. The van der Waals surface area contributed by atoms with Gasteiger partial charge in [0.2, 0.25) is 0 Å². The molecule has 19 heteroatoms. The Kier molecular flexibility index (Phi) is 68.1. The van der Waals surface area contributed by atoms with E-state index in [1.807, 2.05) is 0 Å². The van der Waals surface area contributed by atoms with E-state index in [-0.39, 0.29) is 25.7 Å². The minimum absolute atomic E-state index is 0.108. The van der Waals surface area contributed by atoms with Gasteiger partial charge in [-0.3, -0.25) is 37.3 Å². The first-order chi connectivity index (χ1) is 45.7. The number of phosphoric ester groups is 2. The molecule has 0 aliphatic rings. The van der Waals surface area contributed by atoms with E-state index < -0.39 is 97.5 Å². The summed E-state index contributed by atoms with van der Waals surface area (Å²) >= 11 is 0. The topological polar surface area (TPSA) is 237 Å². The second-order valence-electron chi connectivity index (χ2n) is 27.0. The smallest absolute Gasteiger partial charge is 0.462 e. The van der Waals surface area contributed by atoms with Crippen LogP contribution in [0.2, 0.25) is 0 Å². The molecular weight excluding hydrogens is 1230 g/mol. The molecule has 0 aromatic heterocycles. The lowest BCUT2D eigenvalue weighted by atomic mass is 10.0. The lowest BCUT2D eigenvalue weighted by molar-refractivity contribution is -0.161. The van der Waals surface area contributed by atoms with Crippen molar-refractivity contribution in [3.63, 3.8) is 0 Å². The van der Waals surface area contributed by atoms with Crippen LogP contribution in [-0.4, -0.2) is 96.7 Å². The monoisotopic (exact) mass is 1380 g/mol. The van der Waals surface area contributed by atoms with Gasteiger partial charge in [-0.1, -0.05) is 349 Å². The molecule has 558 valence electrons. The molecule has 0 amide bonds. The Bertz CT molecular complexity index is 1790. The van der Waals surface area contributed by atoms with Crippen LogP contribution < -0.4 is 0 Å². The van der Waals surface area contributed by atoms with Gasteiger partial charge in [0, 0.05) is 25.7 Å². The third-order valence-corrected chi connectivity index (χ3v) is 19.5. The molecule has 0 bridgehead atoms. The summed E-state index contributed by atoms with van der Waals surface area (Å²) in [5, 5.41) is 10.6. The number of phosphoric acid groups is 2. The summed E-state index contributed by atoms with van der Waals surface area (Å²) in [5.41, 5.74) is 0. The number of unbranched alkanes of at least 4 members (excludes halogenated alkanes) is 50. The van der Waals surface area contributed by atoms with Crippen LogP contribution in [-0.2, 0) is 65.4 Å². The Morgan fingerprint density at radius 2 is 0.426 bits per heavy atom. The minimum atomic E-state index is -4.95. The average Bonchev–Trinajstić information content (AvgIpc) is 3.56. The largest absolute Gasteiger partial charge is 0.472 e. The van der Waals surface area contributed by atoms with Gasteiger partial charge in [-0.25, -0.2) is 9.13 Å². The minimum Gasteiger partial charge on any atom is -0.462 e. The molecule has 5 atom stereocenters. The predicted octanol–water partition coefficient (Wildman–Crippen LogP) is 22.2. The van der Waals surface area contributed by atoms with E-state index in [9.17, 15) is 43.2 Å². The van der Waals surface area contributed by atoms with E-state index in [0.717, 1.165) is 103 Å². The first-order valence-corrected chi connectivity index (χ1v) is 42.3. The van der Waals surface area contributed by atoms with Gasteiger partial charge in [0.25, 0.3) is 0 Å². The van der Waals surface area contributed by atoms with Crippen molar-refractivity contribution in [1.29, 1.82) is 0 Å². The average molecular weight is 1380 g/mol. The standard InChI is InChI=1S/C75H146O17P2/c1-5-9-13-17-21-24-27-30-32-33-34-35-37-40-43-46-50-54-58-62-75(80)92-71(66-86-73(78)60-56-52-48-44-41-39-36-31-28-25-22-18-14-10-6-2)68-90-94(83,84)88-64-69(76)63-87-93(81,82)89-67-70(65-85-72(77)59-55-51-47-20-16-12-8-4)91-74(79)61-57-53-49-45-42-38-29-26-23-19-15-11-7-3/h69-71,76H,5-68H2,1-4H3,(H,81,82)(H,83,84)/t69-,70+,71+/m0/s1. The maximum absolute atomic E-state index is 13.1. The highest BCUT2D eigenvalue weighted by Gasteiger charge is 2.30. The highest BCUT2D eigenvalue weighted by atomic mass is 31.2. The van der Waals surface area contributed by atoms with Gasteiger partial charge in [0.1, 0.15) is 19.3 Å². The van der Waals surface area contributed by atoms with Crippen molar-refractivity contribution in [2.45, 2.75) is 418 Å². The number of hydrogen-bond donors (Lipinski definition) is 3. The fourth-order valence-electron chi connectivity index (χ4n) is 11.6. The third-order valence-electron chi connectivity index (χ3n) is 17.6. The number of rotatable bonds is 76. The zero-order chi connectivity index (χ0) is 69.0. The molecule has 2 unspecified atom stereocenters. The maximum Gasteiger partial charge on any atom is 0.472 e. The highest BCUT2D eigenvalue weighted by Crippen LogP contribution is 2.45. The zero-order valence-corrected chi connectivity index (χ0v) is 62.7. The first kappa shape index (κ1) is 92.1. The summed E-state index contributed by atoms with van der Waals surface area (Å²) in [4.78, 5) is 72.6. The number of esters is 4. The lowest BCUT2D eigenvalue weighted by Crippen LogP contribution is -2.30. The second-order valence-corrected chi connectivity index (χ2v) is 29.9. The molecule has 0 spiro atoms. The van der Waals surface area contributed by atoms with Crippen LogP contribution in [0.15, 0.2) is 0 Å².